The lowest BCUT2D eigenvalue weighted by molar-refractivity contribution is -0.0453. The second-order valence-corrected chi connectivity index (χ2v) is 7.50. The molecule has 1 aromatic heterocycles. The first-order valence-electron chi connectivity index (χ1n) is 8.36. The number of aliphatic hydroxyl groups is 1. The third kappa shape index (κ3) is 4.84. The third-order valence-electron chi connectivity index (χ3n) is 4.00. The predicted octanol–water partition coefficient (Wildman–Crippen LogP) is 2.84. The minimum atomic E-state index is -0.668. The number of amides is 1. The van der Waals surface area contributed by atoms with Gasteiger partial charge in [0.15, 0.2) is 0 Å². The minimum Gasteiger partial charge on any atom is -0.485 e. The number of pyridine rings is 1. The summed E-state index contributed by atoms with van der Waals surface area (Å²) < 4.78 is 11.5. The molecule has 0 bridgehead atoms. The first-order chi connectivity index (χ1) is 11.1. The smallest absolute Gasteiger partial charge is 0.410 e. The highest BCUT2D eigenvalue weighted by Crippen LogP contribution is 2.30. The molecule has 1 aliphatic heterocycles. The maximum absolute atomic E-state index is 12.2. The Balaban J connectivity index is 2.02. The van der Waals surface area contributed by atoms with Crippen molar-refractivity contribution in [2.45, 2.75) is 58.7 Å². The molecular formula is C18H28N2O4. The Labute approximate surface area is 143 Å². The van der Waals surface area contributed by atoms with Crippen LogP contribution in [-0.2, 0) is 4.74 Å². The van der Waals surface area contributed by atoms with E-state index in [0.717, 1.165) is 11.4 Å². The minimum absolute atomic E-state index is 0.0877. The SMILES string of the molecule is Cc1cc(OC2(CO)CCN(C(=O)OC(C)(C)C)CC2)cc(C)n1. The Morgan fingerprint density at radius 3 is 2.25 bits per heavy atom. The van der Waals surface area contributed by atoms with E-state index >= 15 is 0 Å². The van der Waals surface area contributed by atoms with Crippen LogP contribution in [0.2, 0.25) is 0 Å². The summed E-state index contributed by atoms with van der Waals surface area (Å²) in [6, 6.07) is 3.73. The quantitative estimate of drug-likeness (QED) is 0.919. The van der Waals surface area contributed by atoms with Crippen molar-refractivity contribution in [3.63, 3.8) is 0 Å². The highest BCUT2D eigenvalue weighted by molar-refractivity contribution is 5.68. The lowest BCUT2D eigenvalue weighted by atomic mass is 9.92. The van der Waals surface area contributed by atoms with E-state index in [0.29, 0.717) is 31.7 Å². The van der Waals surface area contributed by atoms with Crippen LogP contribution in [0.4, 0.5) is 4.79 Å². The molecule has 0 unspecified atom stereocenters. The van der Waals surface area contributed by atoms with Crippen molar-refractivity contribution in [2.75, 3.05) is 19.7 Å². The van der Waals surface area contributed by atoms with Gasteiger partial charge in [0.2, 0.25) is 0 Å². The molecule has 24 heavy (non-hydrogen) atoms. The number of rotatable bonds is 3. The fourth-order valence-electron chi connectivity index (χ4n) is 2.82. The van der Waals surface area contributed by atoms with E-state index in [1.165, 1.54) is 0 Å². The molecule has 0 aliphatic carbocycles. The van der Waals surface area contributed by atoms with E-state index in [9.17, 15) is 9.90 Å². The number of carbonyl (C=O) groups is 1. The van der Waals surface area contributed by atoms with Gasteiger partial charge in [0.1, 0.15) is 17.0 Å². The van der Waals surface area contributed by atoms with Crippen LogP contribution < -0.4 is 4.74 Å². The van der Waals surface area contributed by atoms with Gasteiger partial charge in [-0.25, -0.2) is 4.79 Å². The molecule has 134 valence electrons. The number of ether oxygens (including phenoxy) is 2. The lowest BCUT2D eigenvalue weighted by Gasteiger charge is -2.41. The summed E-state index contributed by atoms with van der Waals surface area (Å²) in [5, 5.41) is 9.88. The van der Waals surface area contributed by atoms with Gasteiger partial charge >= 0.3 is 6.09 Å². The molecule has 0 spiro atoms. The normalized spacial score (nSPS) is 17.5. The van der Waals surface area contributed by atoms with Crippen molar-refractivity contribution < 1.29 is 19.4 Å². The first-order valence-corrected chi connectivity index (χ1v) is 8.36. The maximum Gasteiger partial charge on any atom is 0.410 e. The molecule has 0 aromatic carbocycles. The highest BCUT2D eigenvalue weighted by atomic mass is 16.6. The van der Waals surface area contributed by atoms with Gasteiger partial charge in [-0.3, -0.25) is 4.98 Å². The van der Waals surface area contributed by atoms with Crippen molar-refractivity contribution >= 4 is 6.09 Å². The maximum atomic E-state index is 12.2. The monoisotopic (exact) mass is 336 g/mol. The second kappa shape index (κ2) is 6.97. The molecule has 0 radical (unpaired) electrons. The number of likely N-dealkylation sites (tertiary alicyclic amines) is 1. The van der Waals surface area contributed by atoms with Crippen LogP contribution in [0, 0.1) is 13.8 Å². The number of nitrogens with zero attached hydrogens (tertiary/aromatic N) is 2. The molecule has 1 saturated heterocycles. The van der Waals surface area contributed by atoms with Crippen molar-refractivity contribution in [3.8, 4) is 5.75 Å². The summed E-state index contributed by atoms with van der Waals surface area (Å²) in [6.07, 6.45) is 0.802. The summed E-state index contributed by atoms with van der Waals surface area (Å²) in [6.45, 7) is 10.3. The van der Waals surface area contributed by atoms with Crippen LogP contribution in [0.5, 0.6) is 5.75 Å². The standard InChI is InChI=1S/C18H28N2O4/c1-13-10-15(11-14(2)19-13)23-18(12-21)6-8-20(9-7-18)16(22)24-17(3,4)5/h10-11,21H,6-9,12H2,1-5H3. The van der Waals surface area contributed by atoms with Gasteiger partial charge in [-0.1, -0.05) is 0 Å². The Bertz CT molecular complexity index is 567. The average Bonchev–Trinajstić information content (AvgIpc) is 2.45. The number of hydrogen-bond acceptors (Lipinski definition) is 5. The number of aliphatic hydroxyl groups excluding tert-OH is 1. The summed E-state index contributed by atoms with van der Waals surface area (Å²) in [4.78, 5) is 18.2. The molecular weight excluding hydrogens is 308 g/mol. The van der Waals surface area contributed by atoms with Gasteiger partial charge in [0, 0.05) is 49.5 Å². The van der Waals surface area contributed by atoms with Gasteiger partial charge in [0.25, 0.3) is 0 Å². The molecule has 1 N–H and O–H groups in total. The molecule has 0 saturated carbocycles. The largest absolute Gasteiger partial charge is 0.485 e. The molecule has 0 atom stereocenters. The van der Waals surface area contributed by atoms with Gasteiger partial charge < -0.3 is 19.5 Å². The van der Waals surface area contributed by atoms with Crippen LogP contribution >= 0.6 is 0 Å². The van der Waals surface area contributed by atoms with E-state index in [-0.39, 0.29) is 12.7 Å². The zero-order chi connectivity index (χ0) is 18.0. The summed E-state index contributed by atoms with van der Waals surface area (Å²) >= 11 is 0. The number of hydrogen-bond donors (Lipinski definition) is 1. The van der Waals surface area contributed by atoms with Crippen molar-refractivity contribution in [2.24, 2.45) is 0 Å². The van der Waals surface area contributed by atoms with Crippen LogP contribution in [0.3, 0.4) is 0 Å². The van der Waals surface area contributed by atoms with Crippen molar-refractivity contribution in [1.82, 2.24) is 9.88 Å². The average molecular weight is 336 g/mol. The number of carbonyl (C=O) groups excluding carboxylic acids is 1. The van der Waals surface area contributed by atoms with E-state index in [2.05, 4.69) is 4.98 Å². The molecule has 6 nitrogen and oxygen atoms in total. The molecule has 1 fully saturated rings. The first kappa shape index (κ1) is 18.5. The number of aromatic nitrogens is 1. The van der Waals surface area contributed by atoms with Crippen LogP contribution in [-0.4, -0.2) is 52.0 Å². The number of piperidine rings is 1. The summed E-state index contributed by atoms with van der Waals surface area (Å²) in [5.41, 5.74) is 0.581. The predicted molar refractivity (Wildman–Crippen MR) is 91.2 cm³/mol. The molecule has 1 amide bonds. The summed E-state index contributed by atoms with van der Waals surface area (Å²) in [5.74, 6) is 0.708. The Morgan fingerprint density at radius 1 is 1.25 bits per heavy atom. The van der Waals surface area contributed by atoms with Crippen LogP contribution in [0.15, 0.2) is 12.1 Å². The third-order valence-corrected chi connectivity index (χ3v) is 4.00. The van der Waals surface area contributed by atoms with Crippen molar-refractivity contribution in [1.29, 1.82) is 0 Å². The zero-order valence-corrected chi connectivity index (χ0v) is 15.3. The van der Waals surface area contributed by atoms with E-state index in [4.69, 9.17) is 9.47 Å². The van der Waals surface area contributed by atoms with Crippen LogP contribution in [0.25, 0.3) is 0 Å². The fourth-order valence-corrected chi connectivity index (χ4v) is 2.82. The number of aryl methyl sites for hydroxylation is 2. The van der Waals surface area contributed by atoms with Gasteiger partial charge in [-0.05, 0) is 34.6 Å². The Hall–Kier alpha value is -1.82. The van der Waals surface area contributed by atoms with Gasteiger partial charge in [-0.2, -0.15) is 0 Å². The molecule has 2 rings (SSSR count). The Morgan fingerprint density at radius 2 is 1.79 bits per heavy atom. The molecule has 1 aliphatic rings. The van der Waals surface area contributed by atoms with E-state index in [1.54, 1.807) is 4.90 Å². The zero-order valence-electron chi connectivity index (χ0n) is 15.3. The topological polar surface area (TPSA) is 71.9 Å². The molecule has 2 heterocycles. The van der Waals surface area contributed by atoms with Crippen LogP contribution in [0.1, 0.15) is 45.0 Å². The van der Waals surface area contributed by atoms with E-state index in [1.807, 2.05) is 46.8 Å². The highest BCUT2D eigenvalue weighted by Gasteiger charge is 2.38. The fraction of sp³-hybridized carbons (Fsp3) is 0.667. The van der Waals surface area contributed by atoms with Gasteiger partial charge in [0.05, 0.1) is 6.61 Å². The molecule has 1 aromatic rings. The summed E-state index contributed by atoms with van der Waals surface area (Å²) in [7, 11) is 0. The Kier molecular flexibility index (Phi) is 5.38. The van der Waals surface area contributed by atoms with E-state index < -0.39 is 11.2 Å². The molecule has 6 heteroatoms. The van der Waals surface area contributed by atoms with Gasteiger partial charge in [-0.15, -0.1) is 0 Å². The van der Waals surface area contributed by atoms with Crippen molar-refractivity contribution in [3.05, 3.63) is 23.5 Å². The second-order valence-electron chi connectivity index (χ2n) is 7.50. The lowest BCUT2D eigenvalue weighted by Crippen LogP contribution is -2.52.